The molecule has 1 rings (SSSR count). The van der Waals surface area contributed by atoms with Crippen molar-refractivity contribution in [1.29, 1.82) is 0 Å². The number of unbranched alkanes of at least 4 members (excludes halogenated alkanes) is 1. The normalized spacial score (nSPS) is 10.1. The average molecular weight is 267 g/mol. The van der Waals surface area contributed by atoms with Gasteiger partial charge >= 0.3 is 0 Å². The smallest absolute Gasteiger partial charge is 0.0267 e. The Morgan fingerprint density at radius 1 is 1.05 bits per heavy atom. The summed E-state index contributed by atoms with van der Waals surface area (Å²) in [6, 6.07) is 5.72. The molecule has 0 saturated heterocycles. The molecule has 0 spiro atoms. The zero-order valence-electron chi connectivity index (χ0n) is 13.7. The maximum Gasteiger partial charge on any atom is 0.0267 e. The Labute approximate surface area is 120 Å². The zero-order chi connectivity index (χ0) is 15.1. The summed E-state index contributed by atoms with van der Waals surface area (Å²) < 4.78 is 0. The summed E-state index contributed by atoms with van der Waals surface area (Å²) in [4.78, 5) is 6.00. The van der Waals surface area contributed by atoms with Gasteiger partial charge in [-0.05, 0) is 59.5 Å². The second-order valence-corrected chi connectivity index (χ2v) is 5.52. The van der Waals surface area contributed by atoms with Gasteiger partial charge in [-0.1, -0.05) is 26.3 Å². The number of nitrogens with zero attached hydrogens (tertiary/aromatic N) is 2. The predicted octanol–water partition coefficient (Wildman–Crippen LogP) is 3.56. The number of hydrogen-bond acceptors (Lipinski definition) is 3. The molecule has 0 radical (unpaired) electrons. The van der Waals surface area contributed by atoms with Gasteiger partial charge < -0.3 is 10.6 Å². The summed E-state index contributed by atoms with van der Waals surface area (Å²) in [5, 5.41) is 0. The molecule has 0 aromatic carbocycles. The van der Waals surface area contributed by atoms with Crippen LogP contribution in [0, 0.1) is 0 Å². The molecule has 0 aliphatic carbocycles. The SMILES string of the molecule is CCC(C)(C)N.CCCCN(C)C.c1ccncc1. The van der Waals surface area contributed by atoms with Crippen LogP contribution in [0.15, 0.2) is 30.6 Å². The van der Waals surface area contributed by atoms with Gasteiger partial charge in [-0.3, -0.25) is 4.98 Å². The van der Waals surface area contributed by atoms with Gasteiger partial charge in [0.1, 0.15) is 0 Å². The van der Waals surface area contributed by atoms with Crippen LogP contribution in [0.4, 0.5) is 0 Å². The lowest BCUT2D eigenvalue weighted by molar-refractivity contribution is 0.398. The first-order chi connectivity index (χ1) is 8.83. The highest BCUT2D eigenvalue weighted by Gasteiger charge is 2.03. The lowest BCUT2D eigenvalue weighted by Crippen LogP contribution is -2.30. The van der Waals surface area contributed by atoms with E-state index in [1.54, 1.807) is 12.4 Å². The minimum absolute atomic E-state index is 0.0417. The fourth-order valence-corrected chi connectivity index (χ4v) is 0.787. The quantitative estimate of drug-likeness (QED) is 0.907. The Hall–Kier alpha value is -0.930. The van der Waals surface area contributed by atoms with E-state index < -0.39 is 0 Å². The maximum atomic E-state index is 5.53. The maximum absolute atomic E-state index is 5.53. The van der Waals surface area contributed by atoms with Gasteiger partial charge in [0.25, 0.3) is 0 Å². The molecule has 0 aliphatic heterocycles. The predicted molar refractivity (Wildman–Crippen MR) is 86.3 cm³/mol. The molecule has 0 bridgehead atoms. The molecule has 112 valence electrons. The molecule has 3 nitrogen and oxygen atoms in total. The van der Waals surface area contributed by atoms with Crippen molar-refractivity contribution in [1.82, 2.24) is 9.88 Å². The van der Waals surface area contributed by atoms with E-state index in [0.717, 1.165) is 6.42 Å². The van der Waals surface area contributed by atoms with E-state index in [0.29, 0.717) is 0 Å². The monoisotopic (exact) mass is 267 g/mol. The number of aromatic nitrogens is 1. The number of pyridine rings is 1. The topological polar surface area (TPSA) is 42.1 Å². The third-order valence-electron chi connectivity index (χ3n) is 2.44. The fourth-order valence-electron chi connectivity index (χ4n) is 0.787. The summed E-state index contributed by atoms with van der Waals surface area (Å²) >= 11 is 0. The lowest BCUT2D eigenvalue weighted by atomic mass is 10.1. The van der Waals surface area contributed by atoms with E-state index >= 15 is 0 Å². The van der Waals surface area contributed by atoms with Crippen molar-refractivity contribution in [2.24, 2.45) is 5.73 Å². The lowest BCUT2D eigenvalue weighted by Gasteiger charge is -2.13. The van der Waals surface area contributed by atoms with E-state index in [1.165, 1.54) is 19.4 Å². The molecule has 0 amide bonds. The van der Waals surface area contributed by atoms with E-state index in [9.17, 15) is 0 Å². The Morgan fingerprint density at radius 2 is 1.53 bits per heavy atom. The zero-order valence-corrected chi connectivity index (χ0v) is 13.7. The Morgan fingerprint density at radius 3 is 1.63 bits per heavy atom. The molecule has 0 aliphatic rings. The van der Waals surface area contributed by atoms with Crippen LogP contribution in [0.1, 0.15) is 47.0 Å². The summed E-state index contributed by atoms with van der Waals surface area (Å²) in [6.07, 6.45) is 7.18. The van der Waals surface area contributed by atoms with Gasteiger partial charge in [0.2, 0.25) is 0 Å². The standard InChI is InChI=1S/C6H15N.C5H5N.C5H13N/c1-4-5-6-7(2)3;1-2-4-6-5-3-1;1-4-5(2,3)6/h4-6H2,1-3H3;1-5H;4,6H2,1-3H3. The molecule has 3 heteroatoms. The van der Waals surface area contributed by atoms with Gasteiger partial charge in [-0.15, -0.1) is 0 Å². The molecular weight excluding hydrogens is 234 g/mol. The number of nitrogens with two attached hydrogens (primary N) is 1. The van der Waals surface area contributed by atoms with Gasteiger partial charge in [-0.25, -0.2) is 0 Å². The summed E-state index contributed by atoms with van der Waals surface area (Å²) in [7, 11) is 4.21. The van der Waals surface area contributed by atoms with Gasteiger partial charge in [0, 0.05) is 17.9 Å². The fraction of sp³-hybridized carbons (Fsp3) is 0.688. The van der Waals surface area contributed by atoms with Crippen LogP contribution >= 0.6 is 0 Å². The molecule has 1 aromatic heterocycles. The summed E-state index contributed by atoms with van der Waals surface area (Å²) in [5.41, 5.74) is 5.58. The third kappa shape index (κ3) is 26.6. The average Bonchev–Trinajstić information content (AvgIpc) is 2.39. The van der Waals surface area contributed by atoms with Gasteiger partial charge in [0.15, 0.2) is 0 Å². The summed E-state index contributed by atoms with van der Waals surface area (Å²) in [6.45, 7) is 9.57. The highest BCUT2D eigenvalue weighted by atomic mass is 15.0. The second-order valence-electron chi connectivity index (χ2n) is 5.52. The van der Waals surface area contributed by atoms with Crippen LogP contribution < -0.4 is 5.73 Å². The van der Waals surface area contributed by atoms with Crippen LogP contribution in [0.2, 0.25) is 0 Å². The highest BCUT2D eigenvalue weighted by molar-refractivity contribution is 4.88. The van der Waals surface area contributed by atoms with Crippen LogP contribution in [0.3, 0.4) is 0 Å². The molecule has 0 fully saturated rings. The first-order valence-corrected chi connectivity index (χ1v) is 7.12. The van der Waals surface area contributed by atoms with E-state index in [1.807, 2.05) is 32.0 Å². The van der Waals surface area contributed by atoms with Crippen LogP contribution in [0.25, 0.3) is 0 Å². The van der Waals surface area contributed by atoms with Crippen molar-refractivity contribution in [2.75, 3.05) is 20.6 Å². The number of rotatable bonds is 4. The molecule has 2 N–H and O–H groups in total. The van der Waals surface area contributed by atoms with Crippen molar-refractivity contribution < 1.29 is 0 Å². The van der Waals surface area contributed by atoms with Crippen molar-refractivity contribution in [3.63, 3.8) is 0 Å². The minimum atomic E-state index is 0.0417. The van der Waals surface area contributed by atoms with Crippen molar-refractivity contribution in [3.05, 3.63) is 30.6 Å². The summed E-state index contributed by atoms with van der Waals surface area (Å²) in [5.74, 6) is 0. The first-order valence-electron chi connectivity index (χ1n) is 7.12. The Balaban J connectivity index is 0. The molecule has 0 unspecified atom stereocenters. The largest absolute Gasteiger partial charge is 0.326 e. The molecule has 0 saturated carbocycles. The van der Waals surface area contributed by atoms with E-state index in [-0.39, 0.29) is 5.54 Å². The van der Waals surface area contributed by atoms with Crippen LogP contribution in [0.5, 0.6) is 0 Å². The number of hydrogen-bond donors (Lipinski definition) is 1. The Kier molecular flexibility index (Phi) is 14.5. The van der Waals surface area contributed by atoms with Crippen molar-refractivity contribution in [3.8, 4) is 0 Å². The Bertz CT molecular complexity index is 226. The molecule has 1 aromatic rings. The van der Waals surface area contributed by atoms with Crippen LogP contribution in [-0.2, 0) is 0 Å². The second kappa shape index (κ2) is 13.5. The third-order valence-corrected chi connectivity index (χ3v) is 2.44. The van der Waals surface area contributed by atoms with Crippen LogP contribution in [-0.4, -0.2) is 36.1 Å². The van der Waals surface area contributed by atoms with Gasteiger partial charge in [0.05, 0.1) is 0 Å². The van der Waals surface area contributed by atoms with E-state index in [2.05, 4.69) is 37.8 Å². The highest BCUT2D eigenvalue weighted by Crippen LogP contribution is 1.99. The van der Waals surface area contributed by atoms with Crippen molar-refractivity contribution >= 4 is 0 Å². The molecule has 1 heterocycles. The van der Waals surface area contributed by atoms with E-state index in [4.69, 9.17) is 5.73 Å². The molecular formula is C16H33N3. The van der Waals surface area contributed by atoms with Gasteiger partial charge in [-0.2, -0.15) is 0 Å². The van der Waals surface area contributed by atoms with Crippen molar-refractivity contribution in [2.45, 2.75) is 52.5 Å². The molecule has 19 heavy (non-hydrogen) atoms. The first kappa shape index (κ1) is 20.4. The minimum Gasteiger partial charge on any atom is -0.326 e. The molecule has 0 atom stereocenters.